The molecule has 0 radical (unpaired) electrons. The van der Waals surface area contributed by atoms with Crippen molar-refractivity contribution in [3.63, 3.8) is 0 Å². The van der Waals surface area contributed by atoms with Gasteiger partial charge < -0.3 is 5.11 Å². The molecule has 1 N–H and O–H groups in total. The second-order valence-corrected chi connectivity index (χ2v) is 3.29. The highest BCUT2D eigenvalue weighted by atomic mass is 19.1. The minimum atomic E-state index is -0.796. The summed E-state index contributed by atoms with van der Waals surface area (Å²) in [6.07, 6.45) is 0. The van der Waals surface area contributed by atoms with E-state index in [0.29, 0.717) is 0 Å². The molecule has 0 aliphatic carbocycles. The number of halogens is 2. The molecule has 0 aromatic heterocycles. The number of nitrogens with zero attached hydrogens (tertiary/aromatic N) is 2. The highest BCUT2D eigenvalue weighted by molar-refractivity contribution is 5.43. The lowest BCUT2D eigenvalue weighted by atomic mass is 10.3. The number of hydrogen-bond acceptors (Lipinski definition) is 3. The van der Waals surface area contributed by atoms with Gasteiger partial charge in [0, 0.05) is 6.07 Å². The molecule has 0 unspecified atom stereocenters. The van der Waals surface area contributed by atoms with Gasteiger partial charge in [-0.2, -0.15) is 5.11 Å². The summed E-state index contributed by atoms with van der Waals surface area (Å²) >= 11 is 0. The van der Waals surface area contributed by atoms with Gasteiger partial charge in [-0.3, -0.25) is 0 Å². The lowest BCUT2D eigenvalue weighted by Crippen LogP contribution is -1.75. The Morgan fingerprint density at radius 1 is 0.882 bits per heavy atom. The fraction of sp³-hybridized carbons (Fsp3) is 0. The number of benzene rings is 2. The molecule has 86 valence electrons. The van der Waals surface area contributed by atoms with Crippen molar-refractivity contribution in [1.29, 1.82) is 0 Å². The summed E-state index contributed by atoms with van der Waals surface area (Å²) in [5, 5.41) is 16.3. The molecule has 0 heterocycles. The monoisotopic (exact) mass is 234 g/mol. The smallest absolute Gasteiger partial charge is 0.167 e. The van der Waals surface area contributed by atoms with Crippen LogP contribution in [0, 0.1) is 11.6 Å². The molecule has 17 heavy (non-hydrogen) atoms. The highest BCUT2D eigenvalue weighted by Crippen LogP contribution is 2.24. The van der Waals surface area contributed by atoms with E-state index >= 15 is 0 Å². The molecule has 0 aliphatic rings. The van der Waals surface area contributed by atoms with Gasteiger partial charge in [0.2, 0.25) is 0 Å². The van der Waals surface area contributed by atoms with Gasteiger partial charge in [-0.1, -0.05) is 12.1 Å². The zero-order valence-corrected chi connectivity index (χ0v) is 8.64. The van der Waals surface area contributed by atoms with Gasteiger partial charge >= 0.3 is 0 Å². The van der Waals surface area contributed by atoms with Crippen molar-refractivity contribution < 1.29 is 13.9 Å². The first-order chi connectivity index (χ1) is 8.16. The quantitative estimate of drug-likeness (QED) is 0.781. The van der Waals surface area contributed by atoms with Gasteiger partial charge in [0.15, 0.2) is 17.4 Å². The van der Waals surface area contributed by atoms with E-state index in [-0.39, 0.29) is 11.4 Å². The summed E-state index contributed by atoms with van der Waals surface area (Å²) in [6, 6.07) is 9.41. The third-order valence-electron chi connectivity index (χ3n) is 2.06. The zero-order chi connectivity index (χ0) is 12.3. The lowest BCUT2D eigenvalue weighted by Gasteiger charge is -1.96. The van der Waals surface area contributed by atoms with Crippen molar-refractivity contribution >= 4 is 11.4 Å². The Kier molecular flexibility index (Phi) is 3.09. The number of phenolic OH excluding ortho intramolecular Hbond substituents is 1. The molecule has 0 saturated heterocycles. The number of phenols is 1. The van der Waals surface area contributed by atoms with Gasteiger partial charge in [0.1, 0.15) is 5.69 Å². The van der Waals surface area contributed by atoms with Crippen LogP contribution in [0.5, 0.6) is 5.75 Å². The molecular formula is C12H8F2N2O. The van der Waals surface area contributed by atoms with Crippen LogP contribution in [0.1, 0.15) is 0 Å². The Balaban J connectivity index is 2.26. The first-order valence-electron chi connectivity index (χ1n) is 4.81. The minimum Gasteiger partial charge on any atom is -0.505 e. The van der Waals surface area contributed by atoms with E-state index in [1.165, 1.54) is 24.3 Å². The topological polar surface area (TPSA) is 45.0 Å². The van der Waals surface area contributed by atoms with E-state index < -0.39 is 17.4 Å². The lowest BCUT2D eigenvalue weighted by molar-refractivity contribution is 0.432. The molecule has 0 bridgehead atoms. The van der Waals surface area contributed by atoms with Crippen LogP contribution in [-0.4, -0.2) is 5.11 Å². The van der Waals surface area contributed by atoms with Crippen LogP contribution >= 0.6 is 0 Å². The Morgan fingerprint density at radius 3 is 2.35 bits per heavy atom. The Morgan fingerprint density at radius 2 is 1.65 bits per heavy atom. The van der Waals surface area contributed by atoms with Crippen molar-refractivity contribution in [3.05, 3.63) is 54.1 Å². The number of rotatable bonds is 2. The summed E-state index contributed by atoms with van der Waals surface area (Å²) in [6.45, 7) is 0. The van der Waals surface area contributed by atoms with E-state index in [1.54, 1.807) is 6.07 Å². The average Bonchev–Trinajstić information content (AvgIpc) is 2.32. The molecule has 2 aromatic rings. The van der Waals surface area contributed by atoms with Crippen LogP contribution in [0.15, 0.2) is 52.7 Å². The highest BCUT2D eigenvalue weighted by Gasteiger charge is 2.01. The maximum atomic E-state index is 13.2. The maximum absolute atomic E-state index is 13.2. The van der Waals surface area contributed by atoms with Gasteiger partial charge in [-0.15, -0.1) is 5.11 Å². The van der Waals surface area contributed by atoms with Crippen molar-refractivity contribution in [3.8, 4) is 5.75 Å². The van der Waals surface area contributed by atoms with Gasteiger partial charge in [0.25, 0.3) is 0 Å². The van der Waals surface area contributed by atoms with E-state index in [1.807, 2.05) is 0 Å². The molecule has 0 spiro atoms. The van der Waals surface area contributed by atoms with Crippen molar-refractivity contribution in [2.75, 3.05) is 0 Å². The summed E-state index contributed by atoms with van der Waals surface area (Å²) < 4.78 is 26.1. The number of hydrogen-bond donors (Lipinski definition) is 1. The molecule has 0 amide bonds. The van der Waals surface area contributed by atoms with Crippen LogP contribution in [0.25, 0.3) is 0 Å². The molecular weight excluding hydrogens is 226 g/mol. The predicted octanol–water partition coefficient (Wildman–Crippen LogP) is 4.09. The molecule has 0 atom stereocenters. The Labute approximate surface area is 96.1 Å². The van der Waals surface area contributed by atoms with Crippen molar-refractivity contribution in [2.24, 2.45) is 10.2 Å². The zero-order valence-electron chi connectivity index (χ0n) is 8.64. The molecule has 0 aliphatic heterocycles. The predicted molar refractivity (Wildman–Crippen MR) is 58.6 cm³/mol. The van der Waals surface area contributed by atoms with Gasteiger partial charge in [0.05, 0.1) is 5.69 Å². The van der Waals surface area contributed by atoms with Crippen LogP contribution in [0.3, 0.4) is 0 Å². The standard InChI is InChI=1S/C12H8F2N2O/c13-9-3-1-2-4-11(9)16-15-8-5-6-12(17)10(14)7-8/h1-7,17H. The van der Waals surface area contributed by atoms with Crippen LogP contribution in [0.4, 0.5) is 20.2 Å². The molecule has 2 rings (SSSR count). The van der Waals surface area contributed by atoms with Crippen LogP contribution < -0.4 is 0 Å². The molecule has 0 fully saturated rings. The summed E-state index contributed by atoms with van der Waals surface area (Å²) in [5.74, 6) is -1.76. The van der Waals surface area contributed by atoms with Gasteiger partial charge in [-0.25, -0.2) is 8.78 Å². The van der Waals surface area contributed by atoms with Gasteiger partial charge in [-0.05, 0) is 24.3 Å². The van der Waals surface area contributed by atoms with Crippen molar-refractivity contribution in [2.45, 2.75) is 0 Å². The first-order valence-corrected chi connectivity index (χ1v) is 4.81. The molecule has 3 nitrogen and oxygen atoms in total. The summed E-state index contributed by atoms with van der Waals surface area (Å²) in [5.41, 5.74) is 0.268. The summed E-state index contributed by atoms with van der Waals surface area (Å²) in [7, 11) is 0. The van der Waals surface area contributed by atoms with Crippen molar-refractivity contribution in [1.82, 2.24) is 0 Å². The van der Waals surface area contributed by atoms with E-state index in [9.17, 15) is 8.78 Å². The summed E-state index contributed by atoms with van der Waals surface area (Å²) in [4.78, 5) is 0. The third-order valence-corrected chi connectivity index (χ3v) is 2.06. The van der Waals surface area contributed by atoms with Crippen LogP contribution in [0.2, 0.25) is 0 Å². The maximum Gasteiger partial charge on any atom is 0.167 e. The average molecular weight is 234 g/mol. The normalized spacial score (nSPS) is 10.9. The first kappa shape index (κ1) is 11.2. The second kappa shape index (κ2) is 4.69. The molecule has 5 heteroatoms. The number of azo groups is 1. The molecule has 2 aromatic carbocycles. The van der Waals surface area contributed by atoms with E-state index in [0.717, 1.165) is 12.1 Å². The number of aromatic hydroxyl groups is 1. The fourth-order valence-corrected chi connectivity index (χ4v) is 1.20. The SMILES string of the molecule is Oc1ccc(N=Nc2ccccc2F)cc1F. The fourth-order valence-electron chi connectivity index (χ4n) is 1.20. The third kappa shape index (κ3) is 2.63. The minimum absolute atomic E-state index is 0.0704. The van der Waals surface area contributed by atoms with E-state index in [4.69, 9.17) is 5.11 Å². The Bertz CT molecular complexity index is 570. The van der Waals surface area contributed by atoms with Crippen LogP contribution in [-0.2, 0) is 0 Å². The molecule has 0 saturated carbocycles. The Hall–Kier alpha value is -2.30. The van der Waals surface area contributed by atoms with E-state index in [2.05, 4.69) is 10.2 Å². The largest absolute Gasteiger partial charge is 0.505 e. The second-order valence-electron chi connectivity index (χ2n) is 3.29.